The maximum absolute atomic E-state index is 12.5. The quantitative estimate of drug-likeness (QED) is 0.425. The number of rotatable bonds is 0. The summed E-state index contributed by atoms with van der Waals surface area (Å²) in [6.07, 6.45) is 8.07. The highest BCUT2D eigenvalue weighted by Gasteiger charge is 2.31. The number of carbonyl (C=O) groups is 1. The standard InChI is InChI=1S/C21H14O/c22-19-12-10-13-9-11-18(19)21-17-8-4-2-6-15(17)14-5-1-3-7-16(14)20(13)21/h1-13,18H. The van der Waals surface area contributed by atoms with E-state index in [2.05, 4.69) is 60.7 Å². The van der Waals surface area contributed by atoms with Crippen LogP contribution in [0.15, 0.2) is 72.8 Å². The van der Waals surface area contributed by atoms with Gasteiger partial charge in [-0.05, 0) is 38.7 Å². The van der Waals surface area contributed by atoms with Gasteiger partial charge in [-0.25, -0.2) is 0 Å². The summed E-state index contributed by atoms with van der Waals surface area (Å²) < 4.78 is 0. The molecule has 3 aromatic carbocycles. The van der Waals surface area contributed by atoms with E-state index in [4.69, 9.17) is 0 Å². The number of allylic oxidation sites excluding steroid dienone is 4. The average molecular weight is 282 g/mol. The molecule has 0 N–H and O–H groups in total. The number of hydrogen-bond donors (Lipinski definition) is 0. The summed E-state index contributed by atoms with van der Waals surface area (Å²) in [5.74, 6) is 0.254. The second-order valence-corrected chi connectivity index (χ2v) is 6.07. The topological polar surface area (TPSA) is 17.1 Å². The molecule has 2 unspecified atom stereocenters. The van der Waals surface area contributed by atoms with Crippen molar-refractivity contribution in [1.29, 1.82) is 0 Å². The third-order valence-corrected chi connectivity index (χ3v) is 4.94. The van der Waals surface area contributed by atoms with Crippen molar-refractivity contribution in [3.05, 3.63) is 84.0 Å². The lowest BCUT2D eigenvalue weighted by atomic mass is 9.77. The molecule has 2 atom stereocenters. The van der Waals surface area contributed by atoms with Crippen molar-refractivity contribution in [3.8, 4) is 0 Å². The minimum atomic E-state index is -0.139. The maximum atomic E-state index is 12.5. The fourth-order valence-corrected chi connectivity index (χ4v) is 4.01. The van der Waals surface area contributed by atoms with Crippen LogP contribution >= 0.6 is 0 Å². The Kier molecular flexibility index (Phi) is 2.26. The van der Waals surface area contributed by atoms with Gasteiger partial charge in [0, 0.05) is 5.92 Å². The summed E-state index contributed by atoms with van der Waals surface area (Å²) in [7, 11) is 0. The van der Waals surface area contributed by atoms with Crippen LogP contribution in [0.2, 0.25) is 0 Å². The number of carbonyl (C=O) groups excluding carboxylic acids is 1. The molecule has 0 saturated carbocycles. The Morgan fingerprint density at radius 2 is 1.23 bits per heavy atom. The lowest BCUT2D eigenvalue weighted by molar-refractivity contribution is -0.115. The van der Waals surface area contributed by atoms with Crippen LogP contribution in [0, 0.1) is 0 Å². The number of ketones is 1. The minimum absolute atomic E-state index is 0.139. The second-order valence-electron chi connectivity index (χ2n) is 6.07. The fraction of sp³-hybridized carbons (Fsp3) is 0.0952. The van der Waals surface area contributed by atoms with E-state index < -0.39 is 0 Å². The molecule has 1 heteroatoms. The molecule has 0 radical (unpaired) electrons. The van der Waals surface area contributed by atoms with Crippen molar-refractivity contribution in [3.63, 3.8) is 0 Å². The van der Waals surface area contributed by atoms with Gasteiger partial charge in [0.1, 0.15) is 0 Å². The number of hydrogen-bond acceptors (Lipinski definition) is 1. The molecule has 104 valence electrons. The second kappa shape index (κ2) is 4.17. The molecule has 3 aliphatic rings. The largest absolute Gasteiger partial charge is 0.294 e. The van der Waals surface area contributed by atoms with E-state index >= 15 is 0 Å². The van der Waals surface area contributed by atoms with E-state index in [0.29, 0.717) is 0 Å². The monoisotopic (exact) mass is 282 g/mol. The van der Waals surface area contributed by atoms with E-state index in [1.54, 1.807) is 6.08 Å². The molecule has 0 aliphatic heterocycles. The lowest BCUT2D eigenvalue weighted by Crippen LogP contribution is -2.13. The van der Waals surface area contributed by atoms with Gasteiger partial charge in [-0.3, -0.25) is 4.79 Å². The van der Waals surface area contributed by atoms with E-state index in [9.17, 15) is 4.79 Å². The van der Waals surface area contributed by atoms with Crippen LogP contribution in [0.25, 0.3) is 21.5 Å². The van der Waals surface area contributed by atoms with Gasteiger partial charge in [0.05, 0.1) is 5.92 Å². The molecule has 6 rings (SSSR count). The van der Waals surface area contributed by atoms with Crippen LogP contribution in [0.1, 0.15) is 23.0 Å². The first-order valence-electron chi connectivity index (χ1n) is 7.68. The minimum Gasteiger partial charge on any atom is -0.294 e. The zero-order chi connectivity index (χ0) is 14.7. The first-order chi connectivity index (χ1) is 10.8. The van der Waals surface area contributed by atoms with Gasteiger partial charge < -0.3 is 0 Å². The smallest absolute Gasteiger partial charge is 0.166 e. The molecule has 3 aliphatic carbocycles. The number of benzene rings is 3. The third-order valence-electron chi connectivity index (χ3n) is 4.94. The molecule has 2 bridgehead atoms. The summed E-state index contributed by atoms with van der Waals surface area (Å²) in [6, 6.07) is 17.0. The van der Waals surface area contributed by atoms with Gasteiger partial charge in [-0.1, -0.05) is 66.8 Å². The van der Waals surface area contributed by atoms with Crippen LogP contribution in [-0.4, -0.2) is 5.78 Å². The third kappa shape index (κ3) is 1.41. The van der Waals surface area contributed by atoms with Crippen molar-refractivity contribution in [2.45, 2.75) is 11.8 Å². The Labute approximate surface area is 128 Å². The van der Waals surface area contributed by atoms with Gasteiger partial charge in [-0.2, -0.15) is 0 Å². The average Bonchev–Trinajstić information content (AvgIpc) is 2.85. The predicted molar refractivity (Wildman–Crippen MR) is 90.2 cm³/mol. The first kappa shape index (κ1) is 11.9. The van der Waals surface area contributed by atoms with E-state index in [1.165, 1.54) is 32.7 Å². The molecule has 0 fully saturated rings. The molecular weight excluding hydrogens is 268 g/mol. The van der Waals surface area contributed by atoms with Crippen LogP contribution < -0.4 is 0 Å². The van der Waals surface area contributed by atoms with Crippen molar-refractivity contribution < 1.29 is 4.79 Å². The first-order valence-corrected chi connectivity index (χ1v) is 7.68. The molecule has 0 heterocycles. The van der Waals surface area contributed by atoms with Crippen LogP contribution in [0.5, 0.6) is 0 Å². The van der Waals surface area contributed by atoms with Gasteiger partial charge >= 0.3 is 0 Å². The lowest BCUT2D eigenvalue weighted by Gasteiger charge is -2.25. The predicted octanol–water partition coefficient (Wildman–Crippen LogP) is 4.87. The van der Waals surface area contributed by atoms with Crippen molar-refractivity contribution in [1.82, 2.24) is 0 Å². The molecule has 1 nitrogen and oxygen atoms in total. The Morgan fingerprint density at radius 3 is 1.91 bits per heavy atom. The molecule has 0 aromatic heterocycles. The van der Waals surface area contributed by atoms with Gasteiger partial charge in [0.2, 0.25) is 0 Å². The molecule has 0 amide bonds. The normalized spacial score (nSPS) is 22.3. The Balaban J connectivity index is 2.08. The van der Waals surface area contributed by atoms with Crippen molar-refractivity contribution in [2.75, 3.05) is 0 Å². The molecule has 22 heavy (non-hydrogen) atoms. The highest BCUT2D eigenvalue weighted by Crippen LogP contribution is 2.46. The summed E-state index contributed by atoms with van der Waals surface area (Å²) in [6.45, 7) is 0. The zero-order valence-electron chi connectivity index (χ0n) is 12.0. The van der Waals surface area contributed by atoms with Crippen LogP contribution in [0.4, 0.5) is 0 Å². The summed E-state index contributed by atoms with van der Waals surface area (Å²) in [5, 5.41) is 5.01. The Bertz CT molecular complexity index is 1010. The van der Waals surface area contributed by atoms with Gasteiger partial charge in [-0.15, -0.1) is 0 Å². The molecule has 3 aromatic rings. The highest BCUT2D eigenvalue weighted by molar-refractivity contribution is 6.14. The van der Waals surface area contributed by atoms with Gasteiger partial charge in [0.15, 0.2) is 5.78 Å². The fourth-order valence-electron chi connectivity index (χ4n) is 4.01. The summed E-state index contributed by atoms with van der Waals surface area (Å²) in [5.41, 5.74) is 2.51. The van der Waals surface area contributed by atoms with Gasteiger partial charge in [0.25, 0.3) is 0 Å². The van der Waals surface area contributed by atoms with E-state index in [-0.39, 0.29) is 17.6 Å². The zero-order valence-corrected chi connectivity index (χ0v) is 12.0. The van der Waals surface area contributed by atoms with Crippen LogP contribution in [-0.2, 0) is 4.79 Å². The van der Waals surface area contributed by atoms with E-state index in [0.717, 1.165) is 0 Å². The number of fused-ring (bicyclic) bond motifs is 4. The van der Waals surface area contributed by atoms with E-state index in [1.807, 2.05) is 6.08 Å². The molecule has 0 saturated heterocycles. The Morgan fingerprint density at radius 1 is 0.636 bits per heavy atom. The highest BCUT2D eigenvalue weighted by atomic mass is 16.1. The summed E-state index contributed by atoms with van der Waals surface area (Å²) >= 11 is 0. The molecular formula is C21H14O. The SMILES string of the molecule is O=C1C=CC2C=CC1c1c2c2ccccc2c2ccccc12. The Hall–Kier alpha value is -2.67. The maximum Gasteiger partial charge on any atom is 0.166 e. The summed E-state index contributed by atoms with van der Waals surface area (Å²) in [4.78, 5) is 12.5. The van der Waals surface area contributed by atoms with Crippen LogP contribution in [0.3, 0.4) is 0 Å². The molecule has 0 spiro atoms. The van der Waals surface area contributed by atoms with Crippen molar-refractivity contribution >= 4 is 27.3 Å². The van der Waals surface area contributed by atoms with Crippen molar-refractivity contribution in [2.24, 2.45) is 0 Å².